The van der Waals surface area contributed by atoms with Gasteiger partial charge in [-0.15, -0.1) is 0 Å². The molecule has 0 unspecified atom stereocenters. The molecular weight excluding hydrogens is 342 g/mol. The molecule has 0 aliphatic carbocycles. The lowest BCUT2D eigenvalue weighted by Crippen LogP contribution is -2.34. The van der Waals surface area contributed by atoms with E-state index in [4.69, 9.17) is 9.78 Å². The van der Waals surface area contributed by atoms with Crippen molar-refractivity contribution in [3.05, 3.63) is 66.1 Å². The van der Waals surface area contributed by atoms with Crippen LogP contribution in [0.2, 0.25) is 0 Å². The molecule has 0 saturated carbocycles. The summed E-state index contributed by atoms with van der Waals surface area (Å²) in [5, 5.41) is 15.9. The maximum Gasteiger partial charge on any atom is 0.322 e. The Labute approximate surface area is 156 Å². The number of nitrogens with zero attached hydrogens (tertiary/aromatic N) is 4. The van der Waals surface area contributed by atoms with E-state index in [1.165, 1.54) is 0 Å². The fraction of sp³-hybridized carbons (Fsp3) is 0.200. The maximum absolute atomic E-state index is 12.7. The van der Waals surface area contributed by atoms with Gasteiger partial charge in [0.2, 0.25) is 11.7 Å². The molecule has 4 rings (SSSR count). The molecule has 1 aromatic heterocycles. The van der Waals surface area contributed by atoms with E-state index < -0.39 is 0 Å². The number of nitrogens with one attached hydrogen (secondary N) is 1. The van der Waals surface area contributed by atoms with Crippen molar-refractivity contribution in [1.82, 2.24) is 15.0 Å². The second kappa shape index (κ2) is 7.30. The molecule has 134 valence electrons. The summed E-state index contributed by atoms with van der Waals surface area (Å²) in [5.74, 6) is 0.951. The zero-order valence-electron chi connectivity index (χ0n) is 14.5. The fourth-order valence-corrected chi connectivity index (χ4v) is 3.20. The van der Waals surface area contributed by atoms with Crippen LogP contribution in [0.1, 0.15) is 30.3 Å². The van der Waals surface area contributed by atoms with E-state index in [1.807, 2.05) is 30.3 Å². The molecule has 0 spiro atoms. The molecule has 2 heterocycles. The molecule has 2 amide bonds. The summed E-state index contributed by atoms with van der Waals surface area (Å²) in [5.41, 5.74) is 1.95. The Hall–Kier alpha value is -3.66. The van der Waals surface area contributed by atoms with Crippen LogP contribution in [-0.2, 0) is 0 Å². The van der Waals surface area contributed by atoms with Gasteiger partial charge in [0.25, 0.3) is 0 Å². The van der Waals surface area contributed by atoms with Crippen LogP contribution in [0, 0.1) is 11.3 Å². The van der Waals surface area contributed by atoms with Crippen LogP contribution in [0.15, 0.2) is 59.1 Å². The number of carbonyl (C=O) groups is 1. The third kappa shape index (κ3) is 3.51. The van der Waals surface area contributed by atoms with E-state index in [0.29, 0.717) is 29.5 Å². The summed E-state index contributed by atoms with van der Waals surface area (Å²) in [6.45, 7) is 0.609. The topological polar surface area (TPSA) is 95.1 Å². The third-order valence-electron chi connectivity index (χ3n) is 4.52. The van der Waals surface area contributed by atoms with Gasteiger partial charge in [0, 0.05) is 17.8 Å². The molecule has 1 saturated heterocycles. The number of anilines is 1. The Morgan fingerprint density at radius 2 is 2.07 bits per heavy atom. The van der Waals surface area contributed by atoms with Crippen molar-refractivity contribution in [1.29, 1.82) is 5.26 Å². The minimum atomic E-state index is -0.255. The first-order valence-corrected chi connectivity index (χ1v) is 8.71. The van der Waals surface area contributed by atoms with Crippen molar-refractivity contribution in [3.8, 4) is 17.5 Å². The normalized spacial score (nSPS) is 16.1. The van der Waals surface area contributed by atoms with Gasteiger partial charge in [-0.2, -0.15) is 10.2 Å². The van der Waals surface area contributed by atoms with Gasteiger partial charge in [0.15, 0.2) is 0 Å². The number of nitriles is 1. The lowest BCUT2D eigenvalue weighted by Gasteiger charge is -2.22. The number of aromatic nitrogens is 2. The van der Waals surface area contributed by atoms with Crippen LogP contribution in [0.25, 0.3) is 11.4 Å². The number of hydrogen-bond donors (Lipinski definition) is 1. The highest BCUT2D eigenvalue weighted by molar-refractivity contribution is 5.90. The first-order valence-electron chi connectivity index (χ1n) is 8.71. The Bertz CT molecular complexity index is 993. The lowest BCUT2D eigenvalue weighted by molar-refractivity contribution is 0.193. The van der Waals surface area contributed by atoms with Gasteiger partial charge in [0.1, 0.15) is 6.04 Å². The Kier molecular flexibility index (Phi) is 4.54. The Morgan fingerprint density at radius 3 is 2.89 bits per heavy atom. The molecule has 7 heteroatoms. The fourth-order valence-electron chi connectivity index (χ4n) is 3.20. The zero-order valence-corrected chi connectivity index (χ0v) is 14.5. The van der Waals surface area contributed by atoms with E-state index in [0.717, 1.165) is 18.4 Å². The van der Waals surface area contributed by atoms with Crippen LogP contribution in [-0.4, -0.2) is 27.6 Å². The summed E-state index contributed by atoms with van der Waals surface area (Å²) in [6.07, 6.45) is 1.63. The van der Waals surface area contributed by atoms with Crippen LogP contribution >= 0.6 is 0 Å². The first-order chi connectivity index (χ1) is 13.2. The molecule has 1 atom stereocenters. The van der Waals surface area contributed by atoms with Gasteiger partial charge in [-0.05, 0) is 31.0 Å². The number of rotatable bonds is 3. The van der Waals surface area contributed by atoms with E-state index in [9.17, 15) is 4.79 Å². The lowest BCUT2D eigenvalue weighted by atomic mass is 10.2. The van der Waals surface area contributed by atoms with Crippen molar-refractivity contribution in [2.24, 2.45) is 0 Å². The van der Waals surface area contributed by atoms with Gasteiger partial charge in [-0.3, -0.25) is 0 Å². The number of hydrogen-bond acceptors (Lipinski definition) is 5. The molecule has 7 nitrogen and oxygen atoms in total. The average Bonchev–Trinajstić information content (AvgIpc) is 3.38. The van der Waals surface area contributed by atoms with Crippen LogP contribution in [0.5, 0.6) is 0 Å². The molecule has 0 radical (unpaired) electrons. The SMILES string of the molecule is N#Cc1cccc(NC(=O)N2CCC[C@H]2c2nc(-c3ccccc3)no2)c1. The van der Waals surface area contributed by atoms with E-state index in [-0.39, 0.29) is 12.1 Å². The van der Waals surface area contributed by atoms with Crippen molar-refractivity contribution >= 4 is 11.7 Å². The standard InChI is InChI=1S/C20H17N5O2/c21-13-14-6-4-9-16(12-14)22-20(26)25-11-5-10-17(25)19-23-18(24-27-19)15-7-2-1-3-8-15/h1-4,6-9,12,17H,5,10-11H2,(H,22,26)/t17-/m0/s1. The maximum atomic E-state index is 12.7. The average molecular weight is 359 g/mol. The van der Waals surface area contributed by atoms with Gasteiger partial charge >= 0.3 is 6.03 Å². The Morgan fingerprint density at radius 1 is 1.22 bits per heavy atom. The van der Waals surface area contributed by atoms with Gasteiger partial charge in [0.05, 0.1) is 11.6 Å². The highest BCUT2D eigenvalue weighted by Crippen LogP contribution is 2.32. The van der Waals surface area contributed by atoms with Crippen molar-refractivity contribution in [2.45, 2.75) is 18.9 Å². The molecule has 0 bridgehead atoms. The number of carbonyl (C=O) groups excluding carboxylic acids is 1. The van der Waals surface area contributed by atoms with Crippen LogP contribution in [0.4, 0.5) is 10.5 Å². The van der Waals surface area contributed by atoms with Crippen LogP contribution in [0.3, 0.4) is 0 Å². The summed E-state index contributed by atoms with van der Waals surface area (Å²) >= 11 is 0. The molecule has 1 aliphatic heterocycles. The summed E-state index contributed by atoms with van der Waals surface area (Å²) < 4.78 is 5.44. The molecule has 3 aromatic rings. The minimum Gasteiger partial charge on any atom is -0.337 e. The number of likely N-dealkylation sites (tertiary alicyclic amines) is 1. The van der Waals surface area contributed by atoms with Crippen molar-refractivity contribution in [2.75, 3.05) is 11.9 Å². The smallest absolute Gasteiger partial charge is 0.322 e. The van der Waals surface area contributed by atoms with Crippen molar-refractivity contribution in [3.63, 3.8) is 0 Å². The number of amides is 2. The molecule has 2 aromatic carbocycles. The van der Waals surface area contributed by atoms with Crippen molar-refractivity contribution < 1.29 is 9.32 Å². The minimum absolute atomic E-state index is 0.243. The van der Waals surface area contributed by atoms with Gasteiger partial charge in [-0.25, -0.2) is 4.79 Å². The summed E-state index contributed by atoms with van der Waals surface area (Å²) in [4.78, 5) is 18.9. The second-order valence-corrected chi connectivity index (χ2v) is 6.30. The Balaban J connectivity index is 1.51. The van der Waals surface area contributed by atoms with Gasteiger partial charge in [-0.1, -0.05) is 41.6 Å². The van der Waals surface area contributed by atoms with E-state index in [2.05, 4.69) is 21.5 Å². The van der Waals surface area contributed by atoms with Crippen LogP contribution < -0.4 is 5.32 Å². The molecular formula is C20H17N5O2. The monoisotopic (exact) mass is 359 g/mol. The van der Waals surface area contributed by atoms with E-state index in [1.54, 1.807) is 29.2 Å². The van der Waals surface area contributed by atoms with E-state index >= 15 is 0 Å². The van der Waals surface area contributed by atoms with Gasteiger partial charge < -0.3 is 14.7 Å². The second-order valence-electron chi connectivity index (χ2n) is 6.30. The third-order valence-corrected chi connectivity index (χ3v) is 4.52. The molecule has 27 heavy (non-hydrogen) atoms. The number of urea groups is 1. The number of benzene rings is 2. The molecule has 1 aliphatic rings. The highest BCUT2D eigenvalue weighted by atomic mass is 16.5. The summed E-state index contributed by atoms with van der Waals surface area (Å²) in [6, 6.07) is 18.0. The highest BCUT2D eigenvalue weighted by Gasteiger charge is 2.34. The molecule has 1 N–H and O–H groups in total. The quantitative estimate of drug-likeness (QED) is 0.763. The first kappa shape index (κ1) is 16.8. The predicted molar refractivity (Wildman–Crippen MR) is 98.6 cm³/mol. The summed E-state index contributed by atoms with van der Waals surface area (Å²) in [7, 11) is 0. The zero-order chi connectivity index (χ0) is 18.6. The largest absolute Gasteiger partial charge is 0.337 e. The predicted octanol–water partition coefficient (Wildman–Crippen LogP) is 3.98. The molecule has 1 fully saturated rings.